The quantitative estimate of drug-likeness (QED) is 0.267. The van der Waals surface area contributed by atoms with Crippen molar-refractivity contribution < 1.29 is 10.0 Å². The molecule has 0 aromatic heterocycles. The number of hydrogen-bond donors (Lipinski definition) is 3. The van der Waals surface area contributed by atoms with Gasteiger partial charge in [-0.25, -0.2) is 0 Å². The minimum atomic E-state index is 0.106. The number of amidine groups is 1. The average Bonchev–Trinajstić information content (AvgIpc) is 2.31. The Morgan fingerprint density at radius 3 is 2.69 bits per heavy atom. The van der Waals surface area contributed by atoms with E-state index in [0.29, 0.717) is 13.0 Å². The van der Waals surface area contributed by atoms with Crippen LogP contribution in [-0.4, -0.2) is 47.5 Å². The predicted molar refractivity (Wildman–Crippen MR) is 61.3 cm³/mol. The second kappa shape index (κ2) is 6.32. The molecule has 0 spiro atoms. The van der Waals surface area contributed by atoms with Gasteiger partial charge in [-0.2, -0.15) is 0 Å². The first kappa shape index (κ1) is 12.8. The van der Waals surface area contributed by atoms with Crippen LogP contribution in [0.2, 0.25) is 0 Å². The molecule has 0 aliphatic carbocycles. The number of carbonyl (C=O) groups excluding carboxylic acids is 1. The van der Waals surface area contributed by atoms with Crippen LogP contribution in [0.3, 0.4) is 0 Å². The number of carbonyl (C=O) groups is 1. The van der Waals surface area contributed by atoms with Gasteiger partial charge in [-0.3, -0.25) is 9.69 Å². The highest BCUT2D eigenvalue weighted by atomic mass is 16.4. The molecular weight excluding hydrogens is 208 g/mol. The van der Waals surface area contributed by atoms with Crippen LogP contribution in [0.5, 0.6) is 0 Å². The summed E-state index contributed by atoms with van der Waals surface area (Å²) in [5.41, 5.74) is 5.43. The highest BCUT2D eigenvalue weighted by Crippen LogP contribution is 2.09. The van der Waals surface area contributed by atoms with Crippen molar-refractivity contribution in [2.75, 3.05) is 19.6 Å². The third kappa shape index (κ3) is 4.06. The van der Waals surface area contributed by atoms with Gasteiger partial charge in [-0.1, -0.05) is 12.1 Å². The van der Waals surface area contributed by atoms with Gasteiger partial charge in [-0.05, 0) is 12.8 Å². The van der Waals surface area contributed by atoms with Crippen LogP contribution in [0.25, 0.3) is 0 Å². The fraction of sp³-hybridized carbons (Fsp3) is 0.800. The molecule has 1 aliphatic heterocycles. The van der Waals surface area contributed by atoms with Crippen molar-refractivity contribution in [1.82, 2.24) is 10.2 Å². The zero-order chi connectivity index (χ0) is 12.0. The van der Waals surface area contributed by atoms with Crippen LogP contribution in [-0.2, 0) is 4.79 Å². The zero-order valence-corrected chi connectivity index (χ0v) is 9.65. The molecule has 0 aromatic rings. The summed E-state index contributed by atoms with van der Waals surface area (Å²) in [7, 11) is 0. The molecule has 1 fully saturated rings. The number of rotatable bonds is 4. The summed E-state index contributed by atoms with van der Waals surface area (Å²) in [5.74, 6) is 0.339. The zero-order valence-electron chi connectivity index (χ0n) is 9.65. The fourth-order valence-electron chi connectivity index (χ4n) is 1.83. The van der Waals surface area contributed by atoms with E-state index in [-0.39, 0.29) is 17.8 Å². The standard InChI is InChI=1S/C10H20N4O2/c1-2-10(15)12-8-3-5-14(6-4-8)7-9(11)13-16/h8,16H,2-7H2,1H3,(H2,11,13)(H,12,15). The summed E-state index contributed by atoms with van der Waals surface area (Å²) in [6.45, 7) is 4.07. The van der Waals surface area contributed by atoms with E-state index in [2.05, 4.69) is 15.4 Å². The smallest absolute Gasteiger partial charge is 0.219 e. The molecule has 0 radical (unpaired) electrons. The lowest BCUT2D eigenvalue weighted by Gasteiger charge is -2.31. The number of nitrogens with one attached hydrogen (secondary N) is 1. The predicted octanol–water partition coefficient (Wildman–Crippen LogP) is -0.277. The minimum Gasteiger partial charge on any atom is -0.409 e. The number of hydrogen-bond acceptors (Lipinski definition) is 4. The third-order valence-corrected chi connectivity index (χ3v) is 2.79. The molecule has 0 bridgehead atoms. The lowest BCUT2D eigenvalue weighted by atomic mass is 10.0. The molecule has 0 saturated carbocycles. The molecule has 1 aliphatic rings. The molecular formula is C10H20N4O2. The molecule has 0 aromatic carbocycles. The van der Waals surface area contributed by atoms with Gasteiger partial charge in [0.05, 0.1) is 6.54 Å². The monoisotopic (exact) mass is 228 g/mol. The van der Waals surface area contributed by atoms with Crippen molar-refractivity contribution >= 4 is 11.7 Å². The first-order chi connectivity index (χ1) is 7.65. The summed E-state index contributed by atoms with van der Waals surface area (Å²) in [6, 6.07) is 0.274. The van der Waals surface area contributed by atoms with Gasteiger partial charge >= 0.3 is 0 Å². The number of amides is 1. The number of likely N-dealkylation sites (tertiary alicyclic amines) is 1. The van der Waals surface area contributed by atoms with Crippen molar-refractivity contribution in [2.45, 2.75) is 32.2 Å². The van der Waals surface area contributed by atoms with Crippen LogP contribution in [0.4, 0.5) is 0 Å². The van der Waals surface area contributed by atoms with Crippen LogP contribution >= 0.6 is 0 Å². The summed E-state index contributed by atoms with van der Waals surface area (Å²) in [4.78, 5) is 13.3. The van der Waals surface area contributed by atoms with Crippen LogP contribution in [0.1, 0.15) is 26.2 Å². The Kier molecular flexibility index (Phi) is 5.04. The van der Waals surface area contributed by atoms with Gasteiger partial charge in [0.1, 0.15) is 0 Å². The molecule has 16 heavy (non-hydrogen) atoms. The number of piperidine rings is 1. The Bertz CT molecular complexity index is 260. The van der Waals surface area contributed by atoms with Gasteiger partial charge in [0.2, 0.25) is 5.91 Å². The molecule has 6 nitrogen and oxygen atoms in total. The molecule has 0 unspecified atom stereocenters. The number of oxime groups is 1. The maximum atomic E-state index is 11.2. The Balaban J connectivity index is 2.26. The van der Waals surface area contributed by atoms with Crippen molar-refractivity contribution in [1.29, 1.82) is 0 Å². The fourth-order valence-corrected chi connectivity index (χ4v) is 1.83. The first-order valence-electron chi connectivity index (χ1n) is 5.63. The lowest BCUT2D eigenvalue weighted by molar-refractivity contribution is -0.121. The first-order valence-corrected chi connectivity index (χ1v) is 5.63. The third-order valence-electron chi connectivity index (χ3n) is 2.79. The summed E-state index contributed by atoms with van der Waals surface area (Å²) in [6.07, 6.45) is 2.37. The maximum Gasteiger partial charge on any atom is 0.219 e. The second-order valence-corrected chi connectivity index (χ2v) is 4.06. The van der Waals surface area contributed by atoms with Crippen LogP contribution in [0, 0.1) is 0 Å². The van der Waals surface area contributed by atoms with E-state index in [1.807, 2.05) is 6.92 Å². The summed E-state index contributed by atoms with van der Waals surface area (Å²) < 4.78 is 0. The Morgan fingerprint density at radius 1 is 1.56 bits per heavy atom. The molecule has 1 saturated heterocycles. The molecule has 4 N–H and O–H groups in total. The molecule has 92 valence electrons. The van der Waals surface area contributed by atoms with Crippen molar-refractivity contribution in [3.05, 3.63) is 0 Å². The Hall–Kier alpha value is -1.30. The maximum absolute atomic E-state index is 11.2. The van der Waals surface area contributed by atoms with E-state index < -0.39 is 0 Å². The van der Waals surface area contributed by atoms with E-state index >= 15 is 0 Å². The summed E-state index contributed by atoms with van der Waals surface area (Å²) >= 11 is 0. The van der Waals surface area contributed by atoms with Crippen molar-refractivity contribution in [3.63, 3.8) is 0 Å². The van der Waals surface area contributed by atoms with Crippen molar-refractivity contribution in [2.24, 2.45) is 10.9 Å². The van der Waals surface area contributed by atoms with Gasteiger partial charge in [0.15, 0.2) is 5.84 Å². The molecule has 1 amide bonds. The SMILES string of the molecule is CCC(=O)NC1CCN(CC(N)=NO)CC1. The average molecular weight is 228 g/mol. The van der Waals surface area contributed by atoms with Gasteiger partial charge in [0, 0.05) is 25.6 Å². The van der Waals surface area contributed by atoms with Crippen LogP contribution in [0.15, 0.2) is 5.16 Å². The largest absolute Gasteiger partial charge is 0.409 e. The molecule has 6 heteroatoms. The Morgan fingerprint density at radius 2 is 2.19 bits per heavy atom. The van der Waals surface area contributed by atoms with Crippen LogP contribution < -0.4 is 11.1 Å². The highest BCUT2D eigenvalue weighted by molar-refractivity contribution is 5.81. The van der Waals surface area contributed by atoms with E-state index in [4.69, 9.17) is 10.9 Å². The number of nitrogens with zero attached hydrogens (tertiary/aromatic N) is 2. The van der Waals surface area contributed by atoms with Gasteiger partial charge in [-0.15, -0.1) is 0 Å². The van der Waals surface area contributed by atoms with Gasteiger partial charge < -0.3 is 16.3 Å². The van der Waals surface area contributed by atoms with E-state index in [1.54, 1.807) is 0 Å². The van der Waals surface area contributed by atoms with E-state index in [9.17, 15) is 4.79 Å². The normalized spacial score (nSPS) is 19.7. The Labute approximate surface area is 95.5 Å². The minimum absolute atomic E-state index is 0.106. The highest BCUT2D eigenvalue weighted by Gasteiger charge is 2.20. The van der Waals surface area contributed by atoms with E-state index in [1.165, 1.54) is 0 Å². The van der Waals surface area contributed by atoms with Crippen molar-refractivity contribution in [3.8, 4) is 0 Å². The van der Waals surface area contributed by atoms with Gasteiger partial charge in [0.25, 0.3) is 0 Å². The second-order valence-electron chi connectivity index (χ2n) is 4.06. The topological polar surface area (TPSA) is 91.0 Å². The van der Waals surface area contributed by atoms with E-state index in [0.717, 1.165) is 25.9 Å². The summed E-state index contributed by atoms with van der Waals surface area (Å²) in [5, 5.41) is 14.4. The number of nitrogens with two attached hydrogens (primary N) is 1. The lowest BCUT2D eigenvalue weighted by Crippen LogP contribution is -2.46. The molecule has 1 heterocycles. The molecule has 1 rings (SSSR count). The molecule has 0 atom stereocenters.